The number of methoxy groups -OCH3 is 1. The molecule has 0 saturated carbocycles. The molecule has 1 fully saturated rings. The highest BCUT2D eigenvalue weighted by atomic mass is 16.5. The maximum absolute atomic E-state index is 5.91. The van der Waals surface area contributed by atoms with Gasteiger partial charge in [-0.05, 0) is 40.0 Å². The van der Waals surface area contributed by atoms with E-state index in [1.54, 1.807) is 7.11 Å². The van der Waals surface area contributed by atoms with Gasteiger partial charge < -0.3 is 10.5 Å². The highest BCUT2D eigenvalue weighted by molar-refractivity contribution is 4.87. The summed E-state index contributed by atoms with van der Waals surface area (Å²) in [5, 5.41) is 2.39. The number of rotatable bonds is 6. The van der Waals surface area contributed by atoms with Gasteiger partial charge in [0.25, 0.3) is 0 Å². The van der Waals surface area contributed by atoms with Crippen molar-refractivity contribution < 1.29 is 4.74 Å². The van der Waals surface area contributed by atoms with Crippen molar-refractivity contribution >= 4 is 0 Å². The molecule has 102 valence electrons. The monoisotopic (exact) mass is 243 g/mol. The van der Waals surface area contributed by atoms with E-state index in [4.69, 9.17) is 10.5 Å². The van der Waals surface area contributed by atoms with Crippen molar-refractivity contribution in [2.24, 2.45) is 5.73 Å². The molecule has 0 spiro atoms. The maximum Gasteiger partial charge on any atom is 0.0480 e. The normalized spacial score (nSPS) is 30.2. The lowest BCUT2D eigenvalue weighted by Gasteiger charge is -2.45. The minimum absolute atomic E-state index is 0.0597. The molecule has 0 aromatic carbocycles. The summed E-state index contributed by atoms with van der Waals surface area (Å²) < 4.78 is 5.17. The van der Waals surface area contributed by atoms with Gasteiger partial charge in [0.05, 0.1) is 0 Å². The predicted molar refractivity (Wildman–Crippen MR) is 71.7 cm³/mol. The van der Waals surface area contributed by atoms with Crippen molar-refractivity contribution in [2.45, 2.75) is 64.1 Å². The van der Waals surface area contributed by atoms with Crippen molar-refractivity contribution in [3.8, 4) is 0 Å². The van der Waals surface area contributed by atoms with Crippen molar-refractivity contribution in [3.63, 3.8) is 0 Å². The van der Waals surface area contributed by atoms with Gasteiger partial charge in [-0.25, -0.2) is 10.4 Å². The second-order valence-electron chi connectivity index (χ2n) is 5.66. The SMILES string of the molecule is COCCC(C)(CN)NN1C(C)CCCC1C. The zero-order valence-electron chi connectivity index (χ0n) is 11.8. The van der Waals surface area contributed by atoms with Crippen LogP contribution in [-0.2, 0) is 4.74 Å². The second-order valence-corrected chi connectivity index (χ2v) is 5.66. The molecule has 0 amide bonds. The zero-order valence-corrected chi connectivity index (χ0v) is 11.8. The van der Waals surface area contributed by atoms with Gasteiger partial charge in [0, 0.05) is 37.9 Å². The smallest absolute Gasteiger partial charge is 0.0480 e. The number of nitrogens with two attached hydrogens (primary N) is 1. The van der Waals surface area contributed by atoms with Crippen LogP contribution in [0.25, 0.3) is 0 Å². The van der Waals surface area contributed by atoms with Gasteiger partial charge >= 0.3 is 0 Å². The molecule has 4 nitrogen and oxygen atoms in total. The Morgan fingerprint density at radius 3 is 2.41 bits per heavy atom. The number of nitrogens with zero attached hydrogens (tertiary/aromatic N) is 1. The molecule has 1 saturated heterocycles. The summed E-state index contributed by atoms with van der Waals surface area (Å²) in [6.07, 6.45) is 4.80. The fourth-order valence-corrected chi connectivity index (χ4v) is 2.48. The average Bonchev–Trinajstić information content (AvgIpc) is 2.32. The molecular weight excluding hydrogens is 214 g/mol. The Balaban J connectivity index is 2.58. The van der Waals surface area contributed by atoms with E-state index in [0.717, 1.165) is 13.0 Å². The maximum atomic E-state index is 5.91. The number of hydrazine groups is 1. The van der Waals surface area contributed by atoms with Crippen LogP contribution >= 0.6 is 0 Å². The molecule has 1 heterocycles. The fourth-order valence-electron chi connectivity index (χ4n) is 2.48. The molecule has 3 N–H and O–H groups in total. The standard InChI is InChI=1S/C13H29N3O/c1-11-6-5-7-12(2)16(11)15-13(3,10-14)8-9-17-4/h11-12,15H,5-10,14H2,1-4H3. The Hall–Kier alpha value is -0.160. The summed E-state index contributed by atoms with van der Waals surface area (Å²) in [6.45, 7) is 8.13. The number of hydrogen-bond acceptors (Lipinski definition) is 4. The molecular formula is C13H29N3O. The first-order valence-corrected chi connectivity index (χ1v) is 6.77. The van der Waals surface area contributed by atoms with Crippen LogP contribution in [0.1, 0.15) is 46.5 Å². The Kier molecular flexibility index (Phi) is 5.86. The predicted octanol–water partition coefficient (Wildman–Crippen LogP) is 1.51. The Morgan fingerprint density at radius 2 is 1.94 bits per heavy atom. The molecule has 0 radical (unpaired) electrons. The van der Waals surface area contributed by atoms with E-state index >= 15 is 0 Å². The van der Waals surface area contributed by atoms with E-state index < -0.39 is 0 Å². The minimum Gasteiger partial charge on any atom is -0.385 e. The fraction of sp³-hybridized carbons (Fsp3) is 1.00. The third-order valence-electron chi connectivity index (χ3n) is 3.90. The number of piperidine rings is 1. The van der Waals surface area contributed by atoms with E-state index in [1.165, 1.54) is 19.3 Å². The van der Waals surface area contributed by atoms with Crippen LogP contribution in [0, 0.1) is 0 Å². The van der Waals surface area contributed by atoms with Gasteiger partial charge in [0.1, 0.15) is 0 Å². The zero-order chi connectivity index (χ0) is 12.9. The van der Waals surface area contributed by atoms with Crippen LogP contribution in [0.3, 0.4) is 0 Å². The topological polar surface area (TPSA) is 50.5 Å². The molecule has 0 aromatic rings. The number of nitrogens with one attached hydrogen (secondary N) is 1. The molecule has 17 heavy (non-hydrogen) atoms. The summed E-state index contributed by atoms with van der Waals surface area (Å²) in [4.78, 5) is 0. The van der Waals surface area contributed by atoms with Crippen molar-refractivity contribution in [2.75, 3.05) is 20.3 Å². The van der Waals surface area contributed by atoms with E-state index in [-0.39, 0.29) is 5.54 Å². The van der Waals surface area contributed by atoms with Crippen molar-refractivity contribution in [3.05, 3.63) is 0 Å². The summed E-state index contributed by atoms with van der Waals surface area (Å²) >= 11 is 0. The first kappa shape index (κ1) is 14.9. The Labute approximate surface area is 106 Å². The van der Waals surface area contributed by atoms with Crippen molar-refractivity contribution in [1.82, 2.24) is 10.4 Å². The van der Waals surface area contributed by atoms with E-state index in [0.29, 0.717) is 18.6 Å². The lowest BCUT2D eigenvalue weighted by Crippen LogP contribution is -2.62. The van der Waals surface area contributed by atoms with Gasteiger partial charge in [-0.15, -0.1) is 0 Å². The summed E-state index contributed by atoms with van der Waals surface area (Å²) in [7, 11) is 1.74. The van der Waals surface area contributed by atoms with Crippen molar-refractivity contribution in [1.29, 1.82) is 0 Å². The van der Waals surface area contributed by atoms with Gasteiger partial charge in [-0.2, -0.15) is 0 Å². The van der Waals surface area contributed by atoms with E-state index in [9.17, 15) is 0 Å². The quantitative estimate of drug-likeness (QED) is 0.742. The number of hydrogen-bond donors (Lipinski definition) is 2. The van der Waals surface area contributed by atoms with Crippen LogP contribution in [0.15, 0.2) is 0 Å². The van der Waals surface area contributed by atoms with Crippen LogP contribution in [0.5, 0.6) is 0 Å². The van der Waals surface area contributed by atoms with Crippen LogP contribution in [0.2, 0.25) is 0 Å². The lowest BCUT2D eigenvalue weighted by molar-refractivity contribution is -0.00184. The van der Waals surface area contributed by atoms with Gasteiger partial charge in [0.2, 0.25) is 0 Å². The lowest BCUT2D eigenvalue weighted by atomic mass is 9.96. The third-order valence-corrected chi connectivity index (χ3v) is 3.90. The third kappa shape index (κ3) is 4.21. The Morgan fingerprint density at radius 1 is 1.35 bits per heavy atom. The van der Waals surface area contributed by atoms with Crippen LogP contribution in [0.4, 0.5) is 0 Å². The van der Waals surface area contributed by atoms with Crippen LogP contribution in [-0.4, -0.2) is 42.9 Å². The molecule has 1 rings (SSSR count). The molecule has 1 aliphatic heterocycles. The van der Waals surface area contributed by atoms with E-state index in [1.807, 2.05) is 0 Å². The minimum atomic E-state index is -0.0597. The first-order valence-electron chi connectivity index (χ1n) is 6.77. The molecule has 0 aliphatic carbocycles. The molecule has 0 bridgehead atoms. The van der Waals surface area contributed by atoms with Gasteiger partial charge in [-0.1, -0.05) is 6.42 Å². The van der Waals surface area contributed by atoms with Crippen LogP contribution < -0.4 is 11.2 Å². The van der Waals surface area contributed by atoms with Gasteiger partial charge in [0.15, 0.2) is 0 Å². The van der Waals surface area contributed by atoms with Gasteiger partial charge in [-0.3, -0.25) is 0 Å². The highest BCUT2D eigenvalue weighted by Gasteiger charge is 2.31. The molecule has 4 heteroatoms. The molecule has 1 aliphatic rings. The Bertz CT molecular complexity index is 215. The van der Waals surface area contributed by atoms with E-state index in [2.05, 4.69) is 31.2 Å². The summed E-state index contributed by atoms with van der Waals surface area (Å²) in [5.41, 5.74) is 9.50. The summed E-state index contributed by atoms with van der Waals surface area (Å²) in [6, 6.07) is 1.18. The molecule has 3 unspecified atom stereocenters. The number of ether oxygens (including phenoxy) is 1. The molecule has 3 atom stereocenters. The average molecular weight is 243 g/mol. The largest absolute Gasteiger partial charge is 0.385 e. The molecule has 0 aromatic heterocycles. The second kappa shape index (κ2) is 6.69. The highest BCUT2D eigenvalue weighted by Crippen LogP contribution is 2.22. The summed E-state index contributed by atoms with van der Waals surface area (Å²) in [5.74, 6) is 0. The first-order chi connectivity index (χ1) is 8.02.